The minimum atomic E-state index is -1.03. The highest BCUT2D eigenvalue weighted by atomic mass is 35.5. The largest absolute Gasteiger partial charge is 0.477 e. The molecule has 1 aliphatic heterocycles. The van der Waals surface area contributed by atoms with Gasteiger partial charge in [0, 0.05) is 25.0 Å². The van der Waals surface area contributed by atoms with Gasteiger partial charge in [-0.2, -0.15) is 0 Å². The number of fused-ring (bicyclic) bond motifs is 1. The van der Waals surface area contributed by atoms with Crippen LogP contribution in [0.4, 0.5) is 10.1 Å². The van der Waals surface area contributed by atoms with Crippen molar-refractivity contribution < 1.29 is 14.3 Å². The predicted octanol–water partition coefficient (Wildman–Crippen LogP) is 3.14. The van der Waals surface area contributed by atoms with Crippen molar-refractivity contribution in [2.75, 3.05) is 11.4 Å². The van der Waals surface area contributed by atoms with Crippen LogP contribution in [0.15, 0.2) is 30.5 Å². The molecule has 4 nitrogen and oxygen atoms in total. The van der Waals surface area contributed by atoms with Crippen LogP contribution in [0.3, 0.4) is 0 Å². The van der Waals surface area contributed by atoms with E-state index >= 15 is 0 Å². The first-order valence-electron chi connectivity index (χ1n) is 6.45. The van der Waals surface area contributed by atoms with Crippen molar-refractivity contribution in [1.82, 2.24) is 4.98 Å². The van der Waals surface area contributed by atoms with Crippen molar-refractivity contribution in [2.24, 2.45) is 0 Å². The quantitative estimate of drug-likeness (QED) is 0.926. The molecule has 0 amide bonds. The van der Waals surface area contributed by atoms with Crippen molar-refractivity contribution in [3.63, 3.8) is 0 Å². The van der Waals surface area contributed by atoms with Crippen molar-refractivity contribution in [3.8, 4) is 0 Å². The van der Waals surface area contributed by atoms with Crippen LogP contribution in [-0.2, 0) is 13.0 Å². The minimum Gasteiger partial charge on any atom is -0.477 e. The average Bonchev–Trinajstić information content (AvgIpc) is 2.49. The fourth-order valence-corrected chi connectivity index (χ4v) is 2.58. The Balaban J connectivity index is 1.87. The summed E-state index contributed by atoms with van der Waals surface area (Å²) in [6, 6.07) is 6.33. The second-order valence-corrected chi connectivity index (χ2v) is 5.32. The molecule has 2 heterocycles. The summed E-state index contributed by atoms with van der Waals surface area (Å²) in [7, 11) is 0. The van der Waals surface area contributed by atoms with Gasteiger partial charge in [-0.1, -0.05) is 11.6 Å². The maximum Gasteiger partial charge on any atom is 0.354 e. The zero-order chi connectivity index (χ0) is 15.0. The van der Waals surface area contributed by atoms with E-state index in [-0.39, 0.29) is 10.7 Å². The van der Waals surface area contributed by atoms with E-state index < -0.39 is 11.8 Å². The Morgan fingerprint density at radius 2 is 2.14 bits per heavy atom. The van der Waals surface area contributed by atoms with Crippen molar-refractivity contribution in [3.05, 3.63) is 58.1 Å². The zero-order valence-electron chi connectivity index (χ0n) is 11.0. The van der Waals surface area contributed by atoms with Crippen molar-refractivity contribution in [2.45, 2.75) is 13.0 Å². The van der Waals surface area contributed by atoms with E-state index in [0.29, 0.717) is 19.5 Å². The molecule has 1 aromatic carbocycles. The molecule has 0 atom stereocenters. The summed E-state index contributed by atoms with van der Waals surface area (Å²) in [6.45, 7) is 1.26. The fourth-order valence-electron chi connectivity index (χ4n) is 2.46. The molecule has 3 rings (SSSR count). The van der Waals surface area contributed by atoms with Crippen LogP contribution < -0.4 is 4.90 Å². The number of hydrogen-bond acceptors (Lipinski definition) is 3. The van der Waals surface area contributed by atoms with Gasteiger partial charge in [0.2, 0.25) is 0 Å². The number of pyridine rings is 1. The third-order valence-electron chi connectivity index (χ3n) is 3.58. The average molecular weight is 307 g/mol. The van der Waals surface area contributed by atoms with Gasteiger partial charge in [-0.15, -0.1) is 0 Å². The summed E-state index contributed by atoms with van der Waals surface area (Å²) < 4.78 is 13.5. The van der Waals surface area contributed by atoms with E-state index in [1.54, 1.807) is 18.3 Å². The molecular formula is C15H12ClFN2O2. The first-order valence-corrected chi connectivity index (χ1v) is 6.83. The molecule has 21 heavy (non-hydrogen) atoms. The maximum absolute atomic E-state index is 13.5. The highest BCUT2D eigenvalue weighted by Crippen LogP contribution is 2.27. The van der Waals surface area contributed by atoms with Gasteiger partial charge in [-0.05, 0) is 41.8 Å². The van der Waals surface area contributed by atoms with Crippen LogP contribution in [0.2, 0.25) is 5.02 Å². The summed E-state index contributed by atoms with van der Waals surface area (Å²) in [4.78, 5) is 16.9. The second kappa shape index (κ2) is 5.33. The maximum atomic E-state index is 13.5. The highest BCUT2D eigenvalue weighted by Gasteiger charge is 2.19. The number of halogens is 2. The Morgan fingerprint density at radius 3 is 2.86 bits per heavy atom. The molecule has 108 valence electrons. The van der Waals surface area contributed by atoms with Crippen LogP contribution in [0.5, 0.6) is 0 Å². The molecule has 0 unspecified atom stereocenters. The van der Waals surface area contributed by atoms with Crippen LogP contribution in [-0.4, -0.2) is 22.6 Å². The Kier molecular flexibility index (Phi) is 3.51. The number of anilines is 1. The summed E-state index contributed by atoms with van der Waals surface area (Å²) in [6.07, 6.45) is 2.28. The van der Waals surface area contributed by atoms with Gasteiger partial charge in [-0.25, -0.2) is 14.2 Å². The number of carboxylic acids is 1. The molecule has 1 aromatic heterocycles. The molecule has 1 N–H and O–H groups in total. The fraction of sp³-hybridized carbons (Fsp3) is 0.200. The number of hydrogen-bond donors (Lipinski definition) is 1. The number of nitrogens with zero attached hydrogens (tertiary/aromatic N) is 2. The molecule has 0 fully saturated rings. The molecule has 0 saturated carbocycles. The summed E-state index contributed by atoms with van der Waals surface area (Å²) in [5.74, 6) is -1.47. The second-order valence-electron chi connectivity index (χ2n) is 4.91. The van der Waals surface area contributed by atoms with Crippen molar-refractivity contribution in [1.29, 1.82) is 0 Å². The smallest absolute Gasteiger partial charge is 0.354 e. The lowest BCUT2D eigenvalue weighted by Gasteiger charge is -2.30. The Labute approximate surface area is 125 Å². The monoisotopic (exact) mass is 306 g/mol. The predicted molar refractivity (Wildman–Crippen MR) is 77.4 cm³/mol. The number of benzene rings is 1. The van der Waals surface area contributed by atoms with E-state index in [4.69, 9.17) is 16.7 Å². The lowest BCUT2D eigenvalue weighted by molar-refractivity contribution is 0.0690. The van der Waals surface area contributed by atoms with E-state index in [1.807, 2.05) is 4.90 Å². The summed E-state index contributed by atoms with van der Waals surface area (Å²) in [5, 5.41) is 9.05. The van der Waals surface area contributed by atoms with E-state index in [0.717, 1.165) is 16.8 Å². The molecule has 2 aromatic rings. The number of aromatic carboxylic acids is 1. The van der Waals surface area contributed by atoms with Crippen LogP contribution in [0.25, 0.3) is 0 Å². The minimum absolute atomic E-state index is 0.0553. The standard InChI is InChI=1S/C15H12ClFN2O2/c16-12-2-1-11(6-13(12)17)19-4-3-9-5-14(15(20)21)18-7-10(9)8-19/h1-2,5-7H,3-4,8H2,(H,20,21). The number of rotatable bonds is 2. The molecule has 0 radical (unpaired) electrons. The van der Waals surface area contributed by atoms with Crippen LogP contribution in [0.1, 0.15) is 21.6 Å². The third kappa shape index (κ3) is 2.69. The molecule has 0 saturated heterocycles. The first kappa shape index (κ1) is 13.8. The lowest BCUT2D eigenvalue weighted by atomic mass is 10.0. The third-order valence-corrected chi connectivity index (χ3v) is 3.89. The van der Waals surface area contributed by atoms with Crippen LogP contribution >= 0.6 is 11.6 Å². The van der Waals surface area contributed by atoms with Crippen molar-refractivity contribution >= 4 is 23.3 Å². The molecular weight excluding hydrogens is 295 g/mol. The van der Waals surface area contributed by atoms with Gasteiger partial charge in [0.15, 0.2) is 0 Å². The highest BCUT2D eigenvalue weighted by molar-refractivity contribution is 6.30. The lowest BCUT2D eigenvalue weighted by Crippen LogP contribution is -2.30. The number of carbonyl (C=O) groups is 1. The number of aromatic nitrogens is 1. The van der Waals surface area contributed by atoms with Gasteiger partial charge in [0.25, 0.3) is 0 Å². The molecule has 0 bridgehead atoms. The Bertz CT molecular complexity index is 721. The Hall–Kier alpha value is -2.14. The molecule has 0 spiro atoms. The normalized spacial score (nSPS) is 13.9. The summed E-state index contributed by atoms with van der Waals surface area (Å²) >= 11 is 5.69. The van der Waals surface area contributed by atoms with Gasteiger partial charge in [0.05, 0.1) is 5.02 Å². The van der Waals surface area contributed by atoms with Gasteiger partial charge < -0.3 is 10.0 Å². The first-order chi connectivity index (χ1) is 10.0. The molecule has 1 aliphatic rings. The van der Waals surface area contributed by atoms with E-state index in [1.165, 1.54) is 12.1 Å². The van der Waals surface area contributed by atoms with E-state index in [9.17, 15) is 9.18 Å². The Morgan fingerprint density at radius 1 is 1.33 bits per heavy atom. The van der Waals surface area contributed by atoms with Gasteiger partial charge in [-0.3, -0.25) is 0 Å². The van der Waals surface area contributed by atoms with E-state index in [2.05, 4.69) is 4.98 Å². The topological polar surface area (TPSA) is 53.4 Å². The zero-order valence-corrected chi connectivity index (χ0v) is 11.8. The van der Waals surface area contributed by atoms with Gasteiger partial charge >= 0.3 is 5.97 Å². The molecule has 0 aliphatic carbocycles. The van der Waals surface area contributed by atoms with Crippen LogP contribution in [0, 0.1) is 5.82 Å². The summed E-state index contributed by atoms with van der Waals surface area (Å²) in [5.41, 5.74) is 2.75. The van der Waals surface area contributed by atoms with Gasteiger partial charge in [0.1, 0.15) is 11.5 Å². The SMILES string of the molecule is O=C(O)c1cc2c(cn1)CN(c1ccc(Cl)c(F)c1)CC2. The number of carboxylic acid groups (broad SMARTS) is 1. The molecule has 6 heteroatoms.